The lowest BCUT2D eigenvalue weighted by Gasteiger charge is -2.13. The Balaban J connectivity index is 1.20. The lowest BCUT2D eigenvalue weighted by atomic mass is 10.0. The van der Waals surface area contributed by atoms with E-state index in [0.717, 1.165) is 82.5 Å². The van der Waals surface area contributed by atoms with Crippen LogP contribution in [0, 0.1) is 17.9 Å². The number of para-hydroxylation sites is 3. The van der Waals surface area contributed by atoms with Crippen LogP contribution in [-0.4, -0.2) is 9.13 Å². The van der Waals surface area contributed by atoms with Crippen LogP contribution < -0.4 is 0 Å². The molecule has 0 N–H and O–H groups in total. The minimum Gasteiger partial charge on any atom is -0.467 e. The van der Waals surface area contributed by atoms with Crippen molar-refractivity contribution < 1.29 is 4.42 Å². The van der Waals surface area contributed by atoms with Crippen LogP contribution in [-0.2, 0) is 0 Å². The van der Waals surface area contributed by atoms with E-state index < -0.39 is 0 Å². The molecule has 0 bridgehead atoms. The molecule has 0 atom stereocenters. The molecule has 3 aromatic heterocycles. The van der Waals surface area contributed by atoms with Crippen molar-refractivity contribution in [2.75, 3.05) is 0 Å². The van der Waals surface area contributed by atoms with Gasteiger partial charge >= 0.3 is 0 Å². The standard InChI is InChI=1S/C44H24N4O/c1-46-37-16-8-15-35-42-41(49-44(35)37)22-20-34-32-13-2-5-18-39(32)48(43(34)42)31-12-7-10-29(25-31)28-9-6-11-30(24-28)47-38-17-4-3-14-33(38)36-23-27(26-45)19-21-40(36)47/h2-25H. The number of fused-ring (bicyclic) bond motifs is 10. The molecule has 10 aromatic rings. The molecule has 49 heavy (non-hydrogen) atoms. The van der Waals surface area contributed by atoms with E-state index in [-0.39, 0.29) is 0 Å². The van der Waals surface area contributed by atoms with Gasteiger partial charge in [0.25, 0.3) is 0 Å². The van der Waals surface area contributed by atoms with Gasteiger partial charge in [-0.05, 0) is 77.9 Å². The van der Waals surface area contributed by atoms with Gasteiger partial charge in [0.15, 0.2) is 0 Å². The number of rotatable bonds is 3. The molecule has 0 fully saturated rings. The van der Waals surface area contributed by atoms with Crippen molar-refractivity contribution >= 4 is 71.2 Å². The first kappa shape index (κ1) is 27.1. The van der Waals surface area contributed by atoms with Crippen LogP contribution in [0.3, 0.4) is 0 Å². The molecule has 0 aliphatic carbocycles. The van der Waals surface area contributed by atoms with Crippen molar-refractivity contribution in [3.8, 4) is 28.6 Å². The maximum absolute atomic E-state index is 9.60. The molecule has 226 valence electrons. The van der Waals surface area contributed by atoms with E-state index >= 15 is 0 Å². The Morgan fingerprint density at radius 2 is 1.18 bits per heavy atom. The van der Waals surface area contributed by atoms with E-state index in [2.05, 4.69) is 123 Å². The van der Waals surface area contributed by atoms with E-state index in [1.54, 1.807) is 0 Å². The zero-order valence-corrected chi connectivity index (χ0v) is 26.1. The smallest absolute Gasteiger partial charge is 0.229 e. The number of hydrogen-bond donors (Lipinski definition) is 0. The molecule has 0 radical (unpaired) electrons. The Morgan fingerprint density at radius 1 is 0.551 bits per heavy atom. The zero-order valence-electron chi connectivity index (χ0n) is 26.1. The van der Waals surface area contributed by atoms with Gasteiger partial charge in [0.05, 0.1) is 45.7 Å². The summed E-state index contributed by atoms with van der Waals surface area (Å²) in [4.78, 5) is 3.74. The summed E-state index contributed by atoms with van der Waals surface area (Å²) in [5, 5.41) is 16.0. The number of aromatic nitrogens is 2. The molecule has 0 aliphatic rings. The SMILES string of the molecule is [C-]#[N+]c1cccc2c1oc1ccc3c4ccccc4n(-c4cccc(-c5cccc(-n6c7ccccc7c7cc(C#N)ccc76)c5)c4)c3c12. The van der Waals surface area contributed by atoms with Gasteiger partial charge in [-0.1, -0.05) is 78.9 Å². The van der Waals surface area contributed by atoms with Crippen molar-refractivity contribution in [1.29, 1.82) is 5.26 Å². The summed E-state index contributed by atoms with van der Waals surface area (Å²) < 4.78 is 11.0. The summed E-state index contributed by atoms with van der Waals surface area (Å²) >= 11 is 0. The lowest BCUT2D eigenvalue weighted by Crippen LogP contribution is -1.96. The molecule has 0 unspecified atom stereocenters. The van der Waals surface area contributed by atoms with E-state index in [4.69, 9.17) is 11.0 Å². The highest BCUT2D eigenvalue weighted by Crippen LogP contribution is 2.43. The van der Waals surface area contributed by atoms with Gasteiger partial charge in [-0.2, -0.15) is 5.26 Å². The predicted octanol–water partition coefficient (Wildman–Crippen LogP) is 11.9. The van der Waals surface area contributed by atoms with Gasteiger partial charge in [-0.25, -0.2) is 4.85 Å². The number of benzene rings is 7. The van der Waals surface area contributed by atoms with Crippen LogP contribution in [0.1, 0.15) is 5.56 Å². The third kappa shape index (κ3) is 3.85. The first-order valence-corrected chi connectivity index (χ1v) is 16.1. The molecular formula is C44H24N4O. The van der Waals surface area contributed by atoms with Crippen LogP contribution in [0.2, 0.25) is 0 Å². The number of hydrogen-bond acceptors (Lipinski definition) is 2. The van der Waals surface area contributed by atoms with E-state index in [1.807, 2.05) is 42.5 Å². The molecule has 0 spiro atoms. The molecule has 0 aliphatic heterocycles. The Hall–Kier alpha value is -7.08. The molecule has 10 rings (SSSR count). The minimum atomic E-state index is 0.514. The third-order valence-corrected chi connectivity index (χ3v) is 9.74. The second-order valence-electron chi connectivity index (χ2n) is 12.4. The summed E-state index contributed by atoms with van der Waals surface area (Å²) in [6.07, 6.45) is 0. The second kappa shape index (κ2) is 10.2. The second-order valence-corrected chi connectivity index (χ2v) is 12.4. The number of nitrogens with zero attached hydrogens (tertiary/aromatic N) is 4. The summed E-state index contributed by atoms with van der Waals surface area (Å²) in [7, 11) is 0. The molecule has 0 saturated carbocycles. The van der Waals surface area contributed by atoms with Crippen molar-refractivity contribution in [3.63, 3.8) is 0 Å². The fraction of sp³-hybridized carbons (Fsp3) is 0. The molecule has 3 heterocycles. The van der Waals surface area contributed by atoms with E-state index in [1.165, 1.54) is 0 Å². The lowest BCUT2D eigenvalue weighted by molar-refractivity contribution is 0.671. The van der Waals surface area contributed by atoms with Gasteiger partial charge in [-0.3, -0.25) is 0 Å². The first-order chi connectivity index (χ1) is 24.2. The van der Waals surface area contributed by atoms with Crippen molar-refractivity contribution in [3.05, 3.63) is 163 Å². The predicted molar refractivity (Wildman–Crippen MR) is 199 cm³/mol. The van der Waals surface area contributed by atoms with Crippen molar-refractivity contribution in [1.82, 2.24) is 9.13 Å². The van der Waals surface area contributed by atoms with Gasteiger partial charge in [0.2, 0.25) is 5.69 Å². The highest BCUT2D eigenvalue weighted by atomic mass is 16.3. The van der Waals surface area contributed by atoms with Gasteiger partial charge in [0, 0.05) is 38.3 Å². The van der Waals surface area contributed by atoms with Crippen LogP contribution >= 0.6 is 0 Å². The summed E-state index contributed by atoms with van der Waals surface area (Å²) in [5.74, 6) is 0. The largest absolute Gasteiger partial charge is 0.467 e. The van der Waals surface area contributed by atoms with Crippen LogP contribution in [0.15, 0.2) is 150 Å². The molecule has 0 saturated heterocycles. The van der Waals surface area contributed by atoms with Gasteiger partial charge in [0.1, 0.15) is 11.2 Å². The summed E-state index contributed by atoms with van der Waals surface area (Å²) in [6.45, 7) is 7.74. The normalized spacial score (nSPS) is 11.6. The van der Waals surface area contributed by atoms with Crippen molar-refractivity contribution in [2.24, 2.45) is 0 Å². The van der Waals surface area contributed by atoms with Crippen LogP contribution in [0.5, 0.6) is 0 Å². The average molecular weight is 625 g/mol. The Kier molecular flexibility index (Phi) is 5.64. The van der Waals surface area contributed by atoms with Gasteiger partial charge < -0.3 is 13.6 Å². The molecule has 5 heteroatoms. The van der Waals surface area contributed by atoms with Gasteiger partial charge in [-0.15, -0.1) is 0 Å². The third-order valence-electron chi connectivity index (χ3n) is 9.74. The topological polar surface area (TPSA) is 51.1 Å². The molecule has 0 amide bonds. The molecular weight excluding hydrogens is 601 g/mol. The Bertz CT molecular complexity index is 3090. The Morgan fingerprint density at radius 3 is 1.92 bits per heavy atom. The minimum absolute atomic E-state index is 0.514. The zero-order chi connectivity index (χ0) is 32.6. The monoisotopic (exact) mass is 624 g/mol. The first-order valence-electron chi connectivity index (χ1n) is 16.1. The molecule has 7 aromatic carbocycles. The van der Waals surface area contributed by atoms with Crippen LogP contribution in [0.4, 0.5) is 5.69 Å². The van der Waals surface area contributed by atoms with Crippen molar-refractivity contribution in [2.45, 2.75) is 0 Å². The maximum Gasteiger partial charge on any atom is 0.229 e. The summed E-state index contributed by atoms with van der Waals surface area (Å²) in [6, 6.07) is 52.4. The van der Waals surface area contributed by atoms with Crippen LogP contribution in [0.25, 0.3) is 92.9 Å². The summed E-state index contributed by atoms with van der Waals surface area (Å²) in [5.41, 5.74) is 11.2. The quantitative estimate of drug-likeness (QED) is 0.184. The maximum atomic E-state index is 9.60. The Labute approximate surface area is 280 Å². The molecule has 5 nitrogen and oxygen atoms in total. The fourth-order valence-corrected chi connectivity index (χ4v) is 7.65. The van der Waals surface area contributed by atoms with E-state index in [0.29, 0.717) is 16.8 Å². The average Bonchev–Trinajstić information content (AvgIpc) is 3.82. The highest BCUT2D eigenvalue weighted by molar-refractivity contribution is 6.25. The highest BCUT2D eigenvalue weighted by Gasteiger charge is 2.20. The number of furan rings is 1. The fourth-order valence-electron chi connectivity index (χ4n) is 7.65. The van der Waals surface area contributed by atoms with E-state index in [9.17, 15) is 5.26 Å². The number of nitriles is 1.